The fourth-order valence-electron chi connectivity index (χ4n) is 2.25. The summed E-state index contributed by atoms with van der Waals surface area (Å²) >= 11 is 0. The Kier molecular flexibility index (Phi) is 5.54. The van der Waals surface area contributed by atoms with Crippen LogP contribution in [-0.2, 0) is 18.9 Å². The number of hydrogen-bond donors (Lipinski definition) is 0. The number of alkyl halides is 2. The summed E-state index contributed by atoms with van der Waals surface area (Å²) in [4.78, 5) is 24.8. The maximum absolute atomic E-state index is 13.5. The summed E-state index contributed by atoms with van der Waals surface area (Å²) in [6.45, 7) is -0.353. The SMILES string of the molecule is COc1ccc(C(B2OC(=O)CN(C)CC(=O)O2)C(F)F)cc1. The van der Waals surface area contributed by atoms with E-state index in [4.69, 9.17) is 14.0 Å². The van der Waals surface area contributed by atoms with Crippen molar-refractivity contribution < 1.29 is 32.4 Å². The molecule has 1 saturated heterocycles. The molecule has 1 atom stereocenters. The van der Waals surface area contributed by atoms with E-state index in [1.54, 1.807) is 0 Å². The van der Waals surface area contributed by atoms with Crippen molar-refractivity contribution in [1.82, 2.24) is 4.90 Å². The highest BCUT2D eigenvalue weighted by Gasteiger charge is 2.45. The molecule has 1 fully saturated rings. The minimum atomic E-state index is -2.88. The van der Waals surface area contributed by atoms with Gasteiger partial charge in [0.1, 0.15) is 11.6 Å². The molecule has 0 amide bonds. The van der Waals surface area contributed by atoms with Gasteiger partial charge in [0.15, 0.2) is 0 Å². The van der Waals surface area contributed by atoms with Crippen LogP contribution in [0.2, 0.25) is 0 Å². The molecule has 1 unspecified atom stereocenters. The first-order valence-corrected chi connectivity index (χ1v) is 6.90. The zero-order chi connectivity index (χ0) is 17.0. The molecule has 1 heterocycles. The van der Waals surface area contributed by atoms with Crippen molar-refractivity contribution >= 4 is 19.1 Å². The first-order chi connectivity index (χ1) is 10.9. The Bertz CT molecular complexity index is 549. The van der Waals surface area contributed by atoms with Crippen LogP contribution in [0.3, 0.4) is 0 Å². The van der Waals surface area contributed by atoms with E-state index in [2.05, 4.69) is 0 Å². The molecule has 0 aliphatic carbocycles. The van der Waals surface area contributed by atoms with Gasteiger partial charge >= 0.3 is 19.1 Å². The van der Waals surface area contributed by atoms with Crippen LogP contribution in [0.5, 0.6) is 5.75 Å². The van der Waals surface area contributed by atoms with Crippen molar-refractivity contribution in [3.63, 3.8) is 0 Å². The molecule has 0 saturated carbocycles. The highest BCUT2D eigenvalue weighted by molar-refractivity contribution is 6.51. The fourth-order valence-corrected chi connectivity index (χ4v) is 2.25. The average molecular weight is 327 g/mol. The van der Waals surface area contributed by atoms with E-state index in [1.807, 2.05) is 0 Å². The van der Waals surface area contributed by atoms with Gasteiger partial charge in [0.05, 0.1) is 20.2 Å². The molecule has 0 bridgehead atoms. The zero-order valence-corrected chi connectivity index (χ0v) is 12.7. The van der Waals surface area contributed by atoms with Gasteiger partial charge in [-0.1, -0.05) is 12.1 Å². The Hall–Kier alpha value is -2.16. The number of ether oxygens (including phenoxy) is 1. The topological polar surface area (TPSA) is 65.1 Å². The second kappa shape index (κ2) is 7.41. The summed E-state index contributed by atoms with van der Waals surface area (Å²) in [5.41, 5.74) is 0.181. The minimum Gasteiger partial charge on any atom is -0.498 e. The summed E-state index contributed by atoms with van der Waals surface area (Å²) < 4.78 is 41.8. The van der Waals surface area contributed by atoms with Crippen molar-refractivity contribution in [3.8, 4) is 5.75 Å². The van der Waals surface area contributed by atoms with Gasteiger partial charge in [-0.3, -0.25) is 14.5 Å². The highest BCUT2D eigenvalue weighted by atomic mass is 19.3. The van der Waals surface area contributed by atoms with Gasteiger partial charge in [0.2, 0.25) is 6.43 Å². The fraction of sp³-hybridized carbons (Fsp3) is 0.429. The summed E-state index contributed by atoms with van der Waals surface area (Å²) in [6, 6.07) is 5.85. The van der Waals surface area contributed by atoms with E-state index < -0.39 is 31.3 Å². The zero-order valence-electron chi connectivity index (χ0n) is 12.7. The van der Waals surface area contributed by atoms with Gasteiger partial charge in [-0.15, -0.1) is 0 Å². The number of likely N-dealkylation sites (N-methyl/N-ethyl adjacent to an activating group) is 1. The number of halogens is 2. The Morgan fingerprint density at radius 2 is 1.65 bits per heavy atom. The summed E-state index contributed by atoms with van der Waals surface area (Å²) in [5, 5.41) is 0. The quantitative estimate of drug-likeness (QED) is 0.772. The average Bonchev–Trinajstić information content (AvgIpc) is 2.45. The number of carbonyl (C=O) groups excluding carboxylic acids is 2. The second-order valence-electron chi connectivity index (χ2n) is 5.15. The number of nitrogens with zero attached hydrogens (tertiary/aromatic N) is 1. The smallest absolute Gasteiger partial charge is 0.498 e. The lowest BCUT2D eigenvalue weighted by Crippen LogP contribution is -2.46. The predicted molar refractivity (Wildman–Crippen MR) is 77.2 cm³/mol. The molecule has 2 rings (SSSR count). The monoisotopic (exact) mass is 327 g/mol. The van der Waals surface area contributed by atoms with E-state index >= 15 is 0 Å². The first-order valence-electron chi connectivity index (χ1n) is 6.90. The number of hydrogen-bond acceptors (Lipinski definition) is 6. The first kappa shape index (κ1) is 17.2. The third-order valence-corrected chi connectivity index (χ3v) is 3.36. The highest BCUT2D eigenvalue weighted by Crippen LogP contribution is 2.29. The molecule has 1 aromatic rings. The molecule has 0 aromatic heterocycles. The molecule has 9 heteroatoms. The van der Waals surface area contributed by atoms with E-state index in [0.717, 1.165) is 0 Å². The molecule has 1 aliphatic rings. The predicted octanol–water partition coefficient (Wildman–Crippen LogP) is 1.10. The Morgan fingerprint density at radius 3 is 2.09 bits per heavy atom. The molecule has 6 nitrogen and oxygen atoms in total. The molecule has 1 aromatic carbocycles. The molecular weight excluding hydrogens is 311 g/mol. The summed E-state index contributed by atoms with van der Waals surface area (Å²) in [7, 11) is 1.31. The second-order valence-corrected chi connectivity index (χ2v) is 5.15. The van der Waals surface area contributed by atoms with Crippen LogP contribution >= 0.6 is 0 Å². The minimum absolute atomic E-state index is 0.176. The molecule has 0 N–H and O–H groups in total. The van der Waals surface area contributed by atoms with Crippen molar-refractivity contribution in [2.24, 2.45) is 0 Å². The van der Waals surface area contributed by atoms with E-state index in [9.17, 15) is 18.4 Å². The normalized spacial score (nSPS) is 18.0. The molecule has 0 spiro atoms. The number of rotatable bonds is 4. The van der Waals surface area contributed by atoms with Crippen molar-refractivity contribution in [1.29, 1.82) is 0 Å². The molecule has 23 heavy (non-hydrogen) atoms. The molecular formula is C14H16BF2NO5. The van der Waals surface area contributed by atoms with E-state index in [1.165, 1.54) is 43.3 Å². The van der Waals surface area contributed by atoms with Gasteiger partial charge in [0.25, 0.3) is 0 Å². The Labute approximate surface area is 132 Å². The molecule has 0 radical (unpaired) electrons. The standard InChI is InChI=1S/C14H16BF2NO5/c1-18-7-11(19)22-15(23-12(20)8-18)13(14(16)17)9-3-5-10(21-2)6-4-9/h3-6,13-14H,7-8H2,1-2H3. The van der Waals surface area contributed by atoms with Crippen LogP contribution in [0.4, 0.5) is 8.78 Å². The van der Waals surface area contributed by atoms with Crippen LogP contribution < -0.4 is 4.74 Å². The van der Waals surface area contributed by atoms with Crippen molar-refractivity contribution in [2.75, 3.05) is 27.2 Å². The number of carbonyl (C=O) groups is 2. The molecule has 1 aliphatic heterocycles. The maximum atomic E-state index is 13.5. The van der Waals surface area contributed by atoms with Gasteiger partial charge in [-0.25, -0.2) is 8.78 Å². The Morgan fingerprint density at radius 1 is 1.13 bits per heavy atom. The third-order valence-electron chi connectivity index (χ3n) is 3.36. The van der Waals surface area contributed by atoms with Gasteiger partial charge in [-0.05, 0) is 24.7 Å². The lowest BCUT2D eigenvalue weighted by atomic mass is 9.67. The number of methoxy groups -OCH3 is 1. The summed E-state index contributed by atoms with van der Waals surface area (Å²) in [5.74, 6) is -2.54. The largest absolute Gasteiger partial charge is 0.612 e. The third kappa shape index (κ3) is 4.41. The van der Waals surface area contributed by atoms with Crippen LogP contribution in [0.25, 0.3) is 0 Å². The van der Waals surface area contributed by atoms with Crippen LogP contribution in [-0.4, -0.2) is 57.6 Å². The summed E-state index contributed by atoms with van der Waals surface area (Å²) in [6.07, 6.45) is -2.88. The van der Waals surface area contributed by atoms with Crippen molar-refractivity contribution in [3.05, 3.63) is 29.8 Å². The lowest BCUT2D eigenvalue weighted by Gasteiger charge is -2.26. The van der Waals surface area contributed by atoms with Gasteiger partial charge in [-0.2, -0.15) is 0 Å². The Balaban J connectivity index is 2.27. The van der Waals surface area contributed by atoms with Gasteiger partial charge < -0.3 is 14.0 Å². The molecule has 124 valence electrons. The van der Waals surface area contributed by atoms with E-state index in [-0.39, 0.29) is 18.7 Å². The van der Waals surface area contributed by atoms with Crippen molar-refractivity contribution in [2.45, 2.75) is 12.2 Å². The number of benzene rings is 1. The maximum Gasteiger partial charge on any atom is 0.612 e. The van der Waals surface area contributed by atoms with E-state index in [0.29, 0.717) is 5.75 Å². The van der Waals surface area contributed by atoms with Crippen LogP contribution in [0.1, 0.15) is 11.4 Å². The van der Waals surface area contributed by atoms with Gasteiger partial charge in [0, 0.05) is 0 Å². The van der Waals surface area contributed by atoms with Crippen LogP contribution in [0.15, 0.2) is 24.3 Å². The van der Waals surface area contributed by atoms with Crippen LogP contribution in [0, 0.1) is 0 Å². The lowest BCUT2D eigenvalue weighted by molar-refractivity contribution is -0.146.